The van der Waals surface area contributed by atoms with E-state index in [9.17, 15) is 4.79 Å². The van der Waals surface area contributed by atoms with E-state index in [-0.39, 0.29) is 5.97 Å². The lowest BCUT2D eigenvalue weighted by Gasteiger charge is -2.05. The second kappa shape index (κ2) is 9.66. The SMILES string of the molecule is CCOC(=O)CCNCCCCc1ccccc1. The van der Waals surface area contributed by atoms with E-state index in [2.05, 4.69) is 29.6 Å². The number of carbonyl (C=O) groups is 1. The molecule has 0 saturated carbocycles. The van der Waals surface area contributed by atoms with Gasteiger partial charge in [0, 0.05) is 6.54 Å². The second-order valence-electron chi connectivity index (χ2n) is 4.25. The molecule has 18 heavy (non-hydrogen) atoms. The van der Waals surface area contributed by atoms with Crippen LogP contribution >= 0.6 is 0 Å². The van der Waals surface area contributed by atoms with E-state index in [1.807, 2.05) is 13.0 Å². The molecule has 1 rings (SSSR count). The van der Waals surface area contributed by atoms with E-state index in [0.717, 1.165) is 19.4 Å². The molecule has 0 saturated heterocycles. The zero-order valence-corrected chi connectivity index (χ0v) is 11.2. The average Bonchev–Trinajstić information content (AvgIpc) is 2.39. The molecule has 100 valence electrons. The van der Waals surface area contributed by atoms with Crippen molar-refractivity contribution in [2.75, 3.05) is 19.7 Å². The second-order valence-corrected chi connectivity index (χ2v) is 4.25. The van der Waals surface area contributed by atoms with Crippen LogP contribution in [-0.2, 0) is 16.0 Å². The van der Waals surface area contributed by atoms with Crippen LogP contribution in [0.1, 0.15) is 31.7 Å². The molecule has 0 aliphatic rings. The molecule has 1 aromatic carbocycles. The summed E-state index contributed by atoms with van der Waals surface area (Å²) in [6.45, 7) is 3.97. The number of nitrogens with one attached hydrogen (secondary N) is 1. The Bertz CT molecular complexity index is 325. The third-order valence-corrected chi connectivity index (χ3v) is 2.72. The maximum absolute atomic E-state index is 11.1. The van der Waals surface area contributed by atoms with Crippen LogP contribution in [0.15, 0.2) is 30.3 Å². The fraction of sp³-hybridized carbons (Fsp3) is 0.533. The molecule has 0 bridgehead atoms. The molecule has 0 atom stereocenters. The molecule has 1 aromatic rings. The lowest BCUT2D eigenvalue weighted by molar-refractivity contribution is -0.142. The van der Waals surface area contributed by atoms with Gasteiger partial charge in [0.25, 0.3) is 0 Å². The highest BCUT2D eigenvalue weighted by Crippen LogP contribution is 2.03. The van der Waals surface area contributed by atoms with Gasteiger partial charge in [-0.1, -0.05) is 30.3 Å². The first-order valence-electron chi connectivity index (χ1n) is 6.73. The predicted octanol–water partition coefficient (Wildman–Crippen LogP) is 2.55. The number of benzene rings is 1. The number of rotatable bonds is 9. The van der Waals surface area contributed by atoms with E-state index in [1.165, 1.54) is 12.0 Å². The number of hydrogen-bond donors (Lipinski definition) is 1. The molecule has 3 nitrogen and oxygen atoms in total. The number of unbranched alkanes of at least 4 members (excludes halogenated alkanes) is 1. The minimum absolute atomic E-state index is 0.116. The van der Waals surface area contributed by atoms with Crippen LogP contribution in [0.2, 0.25) is 0 Å². The van der Waals surface area contributed by atoms with E-state index >= 15 is 0 Å². The first-order valence-corrected chi connectivity index (χ1v) is 6.73. The van der Waals surface area contributed by atoms with Gasteiger partial charge >= 0.3 is 5.97 Å². The molecule has 0 unspecified atom stereocenters. The Kier molecular flexibility index (Phi) is 7.89. The smallest absolute Gasteiger partial charge is 0.307 e. The predicted molar refractivity (Wildman–Crippen MR) is 73.5 cm³/mol. The standard InChI is InChI=1S/C15H23NO2/c1-2-18-15(17)11-13-16-12-7-6-10-14-8-4-3-5-9-14/h3-5,8-9,16H,2,6-7,10-13H2,1H3. The number of aryl methyl sites for hydroxylation is 1. The number of hydrogen-bond acceptors (Lipinski definition) is 3. The monoisotopic (exact) mass is 249 g/mol. The van der Waals surface area contributed by atoms with Crippen molar-refractivity contribution in [1.29, 1.82) is 0 Å². The van der Waals surface area contributed by atoms with Crippen molar-refractivity contribution in [3.05, 3.63) is 35.9 Å². The summed E-state index contributed by atoms with van der Waals surface area (Å²) in [7, 11) is 0. The van der Waals surface area contributed by atoms with E-state index in [4.69, 9.17) is 4.74 Å². The molecular formula is C15H23NO2. The van der Waals surface area contributed by atoms with Gasteiger partial charge in [0.1, 0.15) is 0 Å². The molecule has 0 aliphatic heterocycles. The Morgan fingerprint density at radius 3 is 2.67 bits per heavy atom. The Morgan fingerprint density at radius 2 is 1.94 bits per heavy atom. The van der Waals surface area contributed by atoms with Crippen molar-refractivity contribution in [1.82, 2.24) is 5.32 Å². The lowest BCUT2D eigenvalue weighted by Crippen LogP contribution is -2.20. The molecule has 0 amide bonds. The molecule has 1 N–H and O–H groups in total. The highest BCUT2D eigenvalue weighted by molar-refractivity contribution is 5.69. The van der Waals surface area contributed by atoms with Crippen LogP contribution < -0.4 is 5.32 Å². The minimum atomic E-state index is -0.116. The highest BCUT2D eigenvalue weighted by Gasteiger charge is 1.99. The summed E-state index contributed by atoms with van der Waals surface area (Å²) >= 11 is 0. The molecule has 0 radical (unpaired) electrons. The highest BCUT2D eigenvalue weighted by atomic mass is 16.5. The molecule has 0 aliphatic carbocycles. The summed E-state index contributed by atoms with van der Waals surface area (Å²) in [6, 6.07) is 10.5. The van der Waals surface area contributed by atoms with Crippen molar-refractivity contribution in [3.8, 4) is 0 Å². The van der Waals surface area contributed by atoms with Crippen LogP contribution in [0.25, 0.3) is 0 Å². The molecule has 0 heterocycles. The summed E-state index contributed by atoms with van der Waals surface area (Å²) in [5, 5.41) is 3.26. The Labute approximate surface area is 110 Å². The van der Waals surface area contributed by atoms with Gasteiger partial charge in [-0.2, -0.15) is 0 Å². The van der Waals surface area contributed by atoms with Crippen LogP contribution in [0, 0.1) is 0 Å². The number of ether oxygens (including phenoxy) is 1. The first kappa shape index (κ1) is 14.7. The third-order valence-electron chi connectivity index (χ3n) is 2.72. The summed E-state index contributed by atoms with van der Waals surface area (Å²) in [6.07, 6.45) is 3.90. The molecular weight excluding hydrogens is 226 g/mol. The Balaban J connectivity index is 1.92. The van der Waals surface area contributed by atoms with Gasteiger partial charge < -0.3 is 10.1 Å². The van der Waals surface area contributed by atoms with Gasteiger partial charge in [0.05, 0.1) is 13.0 Å². The summed E-state index contributed by atoms with van der Waals surface area (Å²) in [4.78, 5) is 11.1. The van der Waals surface area contributed by atoms with Crippen molar-refractivity contribution in [2.45, 2.75) is 32.6 Å². The van der Waals surface area contributed by atoms with Gasteiger partial charge in [0.15, 0.2) is 0 Å². The largest absolute Gasteiger partial charge is 0.466 e. The zero-order valence-electron chi connectivity index (χ0n) is 11.2. The molecule has 0 fully saturated rings. The lowest BCUT2D eigenvalue weighted by atomic mass is 10.1. The quantitative estimate of drug-likeness (QED) is 0.540. The number of carbonyl (C=O) groups excluding carboxylic acids is 1. The van der Waals surface area contributed by atoms with E-state index in [0.29, 0.717) is 19.6 Å². The van der Waals surface area contributed by atoms with Gasteiger partial charge in [0.2, 0.25) is 0 Å². The summed E-state index contributed by atoms with van der Waals surface area (Å²) in [5.74, 6) is -0.116. The Hall–Kier alpha value is -1.35. The topological polar surface area (TPSA) is 38.3 Å². The van der Waals surface area contributed by atoms with Crippen molar-refractivity contribution >= 4 is 5.97 Å². The fourth-order valence-corrected chi connectivity index (χ4v) is 1.77. The maximum Gasteiger partial charge on any atom is 0.307 e. The van der Waals surface area contributed by atoms with Gasteiger partial charge in [-0.15, -0.1) is 0 Å². The van der Waals surface area contributed by atoms with E-state index in [1.54, 1.807) is 0 Å². The van der Waals surface area contributed by atoms with Crippen LogP contribution in [-0.4, -0.2) is 25.7 Å². The van der Waals surface area contributed by atoms with Gasteiger partial charge in [-0.05, 0) is 38.3 Å². The van der Waals surface area contributed by atoms with Crippen LogP contribution in [0.3, 0.4) is 0 Å². The number of esters is 1. The van der Waals surface area contributed by atoms with Crippen molar-refractivity contribution in [2.24, 2.45) is 0 Å². The normalized spacial score (nSPS) is 10.3. The third kappa shape index (κ3) is 7.07. The fourth-order valence-electron chi connectivity index (χ4n) is 1.77. The first-order chi connectivity index (χ1) is 8.83. The van der Waals surface area contributed by atoms with Crippen molar-refractivity contribution < 1.29 is 9.53 Å². The summed E-state index contributed by atoms with van der Waals surface area (Å²) in [5.41, 5.74) is 1.39. The maximum atomic E-state index is 11.1. The summed E-state index contributed by atoms with van der Waals surface area (Å²) < 4.78 is 4.85. The van der Waals surface area contributed by atoms with Crippen LogP contribution in [0.5, 0.6) is 0 Å². The van der Waals surface area contributed by atoms with Gasteiger partial charge in [-0.3, -0.25) is 4.79 Å². The van der Waals surface area contributed by atoms with Crippen LogP contribution in [0.4, 0.5) is 0 Å². The zero-order chi connectivity index (χ0) is 13.1. The van der Waals surface area contributed by atoms with Gasteiger partial charge in [-0.25, -0.2) is 0 Å². The Morgan fingerprint density at radius 1 is 1.17 bits per heavy atom. The van der Waals surface area contributed by atoms with Crippen molar-refractivity contribution in [3.63, 3.8) is 0 Å². The minimum Gasteiger partial charge on any atom is -0.466 e. The molecule has 3 heteroatoms. The average molecular weight is 249 g/mol. The van der Waals surface area contributed by atoms with E-state index < -0.39 is 0 Å². The molecule has 0 spiro atoms. The molecule has 0 aromatic heterocycles.